The number of nitrogens with two attached hydrogens (primary N) is 1. The van der Waals surface area contributed by atoms with Crippen molar-refractivity contribution in [2.75, 3.05) is 6.54 Å². The van der Waals surface area contributed by atoms with Gasteiger partial charge >= 0.3 is 0 Å². The molecule has 0 radical (unpaired) electrons. The lowest BCUT2D eigenvalue weighted by Crippen LogP contribution is -2.27. The fourth-order valence-corrected chi connectivity index (χ4v) is 1.15. The lowest BCUT2D eigenvalue weighted by molar-refractivity contribution is 0.0239. The van der Waals surface area contributed by atoms with Crippen molar-refractivity contribution < 1.29 is 10.2 Å². The molecule has 0 fully saturated rings. The minimum Gasteiger partial charge on any atom is -0.389 e. The fourth-order valence-electron chi connectivity index (χ4n) is 1.15. The van der Waals surface area contributed by atoms with Crippen LogP contribution in [0, 0.1) is 6.92 Å². The zero-order valence-corrected chi connectivity index (χ0v) is 7.51. The molecule has 1 rings (SSSR count). The van der Waals surface area contributed by atoms with Crippen molar-refractivity contribution in [3.63, 3.8) is 0 Å². The Morgan fingerprint density at radius 3 is 2.77 bits per heavy atom. The van der Waals surface area contributed by atoms with E-state index in [2.05, 4.69) is 4.98 Å². The molecule has 0 aliphatic carbocycles. The summed E-state index contributed by atoms with van der Waals surface area (Å²) in [6, 6.07) is 1.68. The van der Waals surface area contributed by atoms with Crippen LogP contribution in [0.25, 0.3) is 0 Å². The third-order valence-electron chi connectivity index (χ3n) is 1.99. The maximum absolute atomic E-state index is 9.61. The summed E-state index contributed by atoms with van der Waals surface area (Å²) in [5.41, 5.74) is 6.76. The zero-order valence-electron chi connectivity index (χ0n) is 7.51. The molecule has 1 aromatic rings. The Morgan fingerprint density at radius 1 is 1.54 bits per heavy atom. The summed E-state index contributed by atoms with van der Waals surface area (Å²) in [7, 11) is 0. The minimum absolute atomic E-state index is 0.0446. The van der Waals surface area contributed by atoms with Gasteiger partial charge in [0.05, 0.1) is 6.10 Å². The summed E-state index contributed by atoms with van der Waals surface area (Å²) in [4.78, 5) is 3.89. The molecule has 0 saturated carbocycles. The largest absolute Gasteiger partial charge is 0.389 e. The molecule has 2 atom stereocenters. The van der Waals surface area contributed by atoms with Crippen molar-refractivity contribution in [1.29, 1.82) is 0 Å². The molecule has 72 valence electrons. The van der Waals surface area contributed by atoms with Gasteiger partial charge in [-0.15, -0.1) is 0 Å². The number of hydrogen-bond donors (Lipinski definition) is 3. The molecule has 0 bridgehead atoms. The van der Waals surface area contributed by atoms with Crippen molar-refractivity contribution in [3.05, 3.63) is 29.6 Å². The Hall–Kier alpha value is -0.970. The summed E-state index contributed by atoms with van der Waals surface area (Å²) in [6.07, 6.45) is 1.38. The second-order valence-electron chi connectivity index (χ2n) is 2.98. The van der Waals surface area contributed by atoms with Crippen LogP contribution >= 0.6 is 0 Å². The molecular weight excluding hydrogens is 168 g/mol. The quantitative estimate of drug-likeness (QED) is 0.602. The van der Waals surface area contributed by atoms with Crippen molar-refractivity contribution in [3.8, 4) is 0 Å². The molecule has 1 aromatic heterocycles. The number of hydrogen-bond acceptors (Lipinski definition) is 4. The molecular formula is C9H14N2O2. The van der Waals surface area contributed by atoms with Gasteiger partial charge in [-0.2, -0.15) is 0 Å². The fraction of sp³-hybridized carbons (Fsp3) is 0.444. The van der Waals surface area contributed by atoms with Gasteiger partial charge in [-0.05, 0) is 24.1 Å². The van der Waals surface area contributed by atoms with E-state index in [1.807, 2.05) is 6.92 Å². The highest BCUT2D eigenvalue weighted by molar-refractivity contribution is 5.24. The van der Waals surface area contributed by atoms with Crippen LogP contribution in [-0.2, 0) is 0 Å². The average Bonchev–Trinajstić information content (AvgIpc) is 2.16. The monoisotopic (exact) mass is 182 g/mol. The Bertz CT molecular complexity index is 278. The van der Waals surface area contributed by atoms with Crippen molar-refractivity contribution >= 4 is 0 Å². The Morgan fingerprint density at radius 2 is 2.23 bits per heavy atom. The first-order chi connectivity index (χ1) is 6.16. The molecule has 2 unspecified atom stereocenters. The smallest absolute Gasteiger partial charge is 0.106 e. The van der Waals surface area contributed by atoms with Gasteiger partial charge in [0, 0.05) is 18.9 Å². The lowest BCUT2D eigenvalue weighted by Gasteiger charge is -2.17. The van der Waals surface area contributed by atoms with Crippen LogP contribution in [-0.4, -0.2) is 27.8 Å². The van der Waals surface area contributed by atoms with Crippen molar-refractivity contribution in [2.24, 2.45) is 5.73 Å². The molecule has 0 aliphatic rings. The van der Waals surface area contributed by atoms with E-state index in [4.69, 9.17) is 5.73 Å². The lowest BCUT2D eigenvalue weighted by atomic mass is 10.0. The van der Waals surface area contributed by atoms with E-state index in [-0.39, 0.29) is 6.54 Å². The Kier molecular flexibility index (Phi) is 3.36. The number of aryl methyl sites for hydroxylation is 1. The van der Waals surface area contributed by atoms with Gasteiger partial charge in [-0.25, -0.2) is 0 Å². The van der Waals surface area contributed by atoms with Crippen LogP contribution in [0.1, 0.15) is 17.2 Å². The maximum Gasteiger partial charge on any atom is 0.106 e. The van der Waals surface area contributed by atoms with Gasteiger partial charge in [0.25, 0.3) is 0 Å². The molecule has 0 aliphatic heterocycles. The highest BCUT2D eigenvalue weighted by Gasteiger charge is 2.17. The van der Waals surface area contributed by atoms with Crippen molar-refractivity contribution in [2.45, 2.75) is 19.1 Å². The molecule has 0 saturated heterocycles. The zero-order chi connectivity index (χ0) is 9.84. The second-order valence-corrected chi connectivity index (χ2v) is 2.98. The molecule has 0 spiro atoms. The maximum atomic E-state index is 9.61. The standard InChI is InChI=1S/C9H14N2O2/c1-6-5-11-3-2-7(6)9(13)8(12)4-10/h2-3,5,8-9,12-13H,4,10H2,1H3. The third-order valence-corrected chi connectivity index (χ3v) is 1.99. The highest BCUT2D eigenvalue weighted by Crippen LogP contribution is 2.18. The summed E-state index contributed by atoms with van der Waals surface area (Å²) in [5, 5.41) is 18.9. The normalized spacial score (nSPS) is 15.4. The van der Waals surface area contributed by atoms with Crippen LogP contribution in [0.15, 0.2) is 18.5 Å². The summed E-state index contributed by atoms with van der Waals surface area (Å²) < 4.78 is 0. The van der Waals surface area contributed by atoms with Crippen LogP contribution in [0.4, 0.5) is 0 Å². The SMILES string of the molecule is Cc1cnccc1C(O)C(O)CN. The van der Waals surface area contributed by atoms with E-state index < -0.39 is 12.2 Å². The minimum atomic E-state index is -0.923. The number of pyridine rings is 1. The molecule has 4 N–H and O–H groups in total. The van der Waals surface area contributed by atoms with E-state index >= 15 is 0 Å². The number of aliphatic hydroxyl groups excluding tert-OH is 2. The van der Waals surface area contributed by atoms with Gasteiger partial charge in [0.1, 0.15) is 6.10 Å². The summed E-state index contributed by atoms with van der Waals surface area (Å²) >= 11 is 0. The first-order valence-corrected chi connectivity index (χ1v) is 4.13. The van der Waals surface area contributed by atoms with Gasteiger partial charge in [-0.3, -0.25) is 4.98 Å². The van der Waals surface area contributed by atoms with E-state index in [0.29, 0.717) is 5.56 Å². The first-order valence-electron chi connectivity index (χ1n) is 4.13. The highest BCUT2D eigenvalue weighted by atomic mass is 16.3. The van der Waals surface area contributed by atoms with E-state index in [9.17, 15) is 10.2 Å². The third kappa shape index (κ3) is 2.24. The second kappa shape index (κ2) is 4.32. The van der Waals surface area contributed by atoms with Crippen LogP contribution < -0.4 is 5.73 Å². The Labute approximate surface area is 77.0 Å². The van der Waals surface area contributed by atoms with Gasteiger partial charge in [0.2, 0.25) is 0 Å². The molecule has 4 heteroatoms. The van der Waals surface area contributed by atoms with Gasteiger partial charge < -0.3 is 15.9 Å². The Balaban J connectivity index is 2.88. The topological polar surface area (TPSA) is 79.4 Å². The van der Waals surface area contributed by atoms with Crippen molar-refractivity contribution in [1.82, 2.24) is 4.98 Å². The van der Waals surface area contributed by atoms with E-state index in [0.717, 1.165) is 5.56 Å². The summed E-state index contributed by atoms with van der Waals surface area (Å²) in [6.45, 7) is 1.87. The number of aromatic nitrogens is 1. The number of rotatable bonds is 3. The number of aliphatic hydroxyl groups is 2. The number of nitrogens with zero attached hydrogens (tertiary/aromatic N) is 1. The van der Waals surface area contributed by atoms with E-state index in [1.54, 1.807) is 18.5 Å². The predicted molar refractivity (Wildman–Crippen MR) is 49.0 cm³/mol. The van der Waals surface area contributed by atoms with E-state index in [1.165, 1.54) is 0 Å². The average molecular weight is 182 g/mol. The van der Waals surface area contributed by atoms with Crippen LogP contribution in [0.2, 0.25) is 0 Å². The van der Waals surface area contributed by atoms with Gasteiger partial charge in [-0.1, -0.05) is 0 Å². The van der Waals surface area contributed by atoms with Crippen LogP contribution in [0.3, 0.4) is 0 Å². The molecule has 4 nitrogen and oxygen atoms in total. The molecule has 1 heterocycles. The molecule has 0 amide bonds. The van der Waals surface area contributed by atoms with Crippen LogP contribution in [0.5, 0.6) is 0 Å². The first kappa shape index (κ1) is 10.1. The summed E-state index contributed by atoms with van der Waals surface area (Å²) in [5.74, 6) is 0. The van der Waals surface area contributed by atoms with Gasteiger partial charge in [0.15, 0.2) is 0 Å². The molecule has 0 aromatic carbocycles. The molecule has 13 heavy (non-hydrogen) atoms. The predicted octanol–water partition coefficient (Wildman–Crippen LogP) is -0.257.